The number of aliphatic hydroxyl groups is 7. The second kappa shape index (κ2) is 15.5. The molecular weight excluding hydrogens is 604 g/mol. The molecule has 10 N–H and O–H groups in total. The van der Waals surface area contributed by atoms with E-state index < -0.39 is 85.3 Å². The molecule has 0 aliphatic carbocycles. The van der Waals surface area contributed by atoms with Crippen LogP contribution in [0, 0.1) is 0 Å². The van der Waals surface area contributed by atoms with E-state index in [0.29, 0.717) is 11.1 Å². The van der Waals surface area contributed by atoms with E-state index in [1.807, 2.05) is 0 Å². The van der Waals surface area contributed by atoms with Gasteiger partial charge in [-0.25, -0.2) is 0 Å². The summed E-state index contributed by atoms with van der Waals surface area (Å²) in [5.41, 5.74) is 0.758. The fraction of sp³-hybridized carbons (Fsp3) is 0.448. The molecule has 1 aliphatic heterocycles. The van der Waals surface area contributed by atoms with Gasteiger partial charge in [0.25, 0.3) is 5.79 Å². The Bertz CT molecular complexity index is 1330. The van der Waals surface area contributed by atoms with E-state index in [9.17, 15) is 60.7 Å². The quantitative estimate of drug-likeness (QED) is 0.0415. The van der Waals surface area contributed by atoms with Gasteiger partial charge in [-0.1, -0.05) is 18.2 Å². The summed E-state index contributed by atoms with van der Waals surface area (Å²) in [6, 6.07) is 7.88. The van der Waals surface area contributed by atoms with Gasteiger partial charge < -0.3 is 70.0 Å². The van der Waals surface area contributed by atoms with Crippen LogP contribution >= 0.6 is 0 Å². The van der Waals surface area contributed by atoms with Crippen molar-refractivity contribution in [2.75, 3.05) is 20.3 Å². The zero-order valence-corrected chi connectivity index (χ0v) is 23.9. The summed E-state index contributed by atoms with van der Waals surface area (Å²) in [4.78, 5) is 25.1. The Kier molecular flexibility index (Phi) is 12.4. The molecule has 1 aliphatic rings. The minimum atomic E-state index is -2.90. The van der Waals surface area contributed by atoms with E-state index >= 15 is 0 Å². The molecular formula is C29H36O16. The molecule has 0 aromatic heterocycles. The number of aromatic hydroxyl groups is 3. The number of phenols is 3. The summed E-state index contributed by atoms with van der Waals surface area (Å²) in [6.45, 7) is -1.55. The maximum atomic E-state index is 12.8. The van der Waals surface area contributed by atoms with Crippen molar-refractivity contribution in [3.63, 3.8) is 0 Å². The normalized spacial score (nSPS) is 25.3. The van der Waals surface area contributed by atoms with Crippen LogP contribution in [-0.2, 0) is 30.2 Å². The first-order chi connectivity index (χ1) is 21.3. The Morgan fingerprint density at radius 2 is 1.67 bits per heavy atom. The van der Waals surface area contributed by atoms with Crippen LogP contribution in [0.2, 0.25) is 0 Å². The number of hydrogen-bond donors (Lipinski definition) is 10. The molecule has 16 heteroatoms. The lowest BCUT2D eigenvalue weighted by Gasteiger charge is -2.45. The van der Waals surface area contributed by atoms with Crippen LogP contribution in [-0.4, -0.2) is 138 Å². The number of carbonyl (C=O) groups excluding carboxylic acids is 2. The number of aliphatic hydroxyl groups excluding tert-OH is 7. The van der Waals surface area contributed by atoms with Crippen molar-refractivity contribution < 1.29 is 79.6 Å². The van der Waals surface area contributed by atoms with Crippen LogP contribution in [0.5, 0.6) is 23.0 Å². The highest BCUT2D eigenvalue weighted by Gasteiger charge is 2.53. The van der Waals surface area contributed by atoms with Crippen molar-refractivity contribution in [2.24, 2.45) is 0 Å². The zero-order valence-electron chi connectivity index (χ0n) is 23.9. The molecule has 2 unspecified atom stereocenters. The van der Waals surface area contributed by atoms with Gasteiger partial charge in [-0.15, -0.1) is 0 Å². The fourth-order valence-corrected chi connectivity index (χ4v) is 4.39. The minimum Gasteiger partial charge on any atom is -0.504 e. The zero-order chi connectivity index (χ0) is 33.5. The van der Waals surface area contributed by atoms with Crippen LogP contribution in [0.15, 0.2) is 42.5 Å². The molecule has 1 heterocycles. The van der Waals surface area contributed by atoms with Gasteiger partial charge in [-0.3, -0.25) is 9.59 Å². The molecule has 2 aromatic carbocycles. The maximum Gasteiger partial charge on any atom is 0.257 e. The molecule has 1 saturated heterocycles. The molecule has 45 heavy (non-hydrogen) atoms. The Morgan fingerprint density at radius 3 is 2.29 bits per heavy atom. The predicted molar refractivity (Wildman–Crippen MR) is 150 cm³/mol. The van der Waals surface area contributed by atoms with E-state index in [0.717, 1.165) is 6.08 Å². The molecule has 2 aromatic rings. The van der Waals surface area contributed by atoms with Crippen LogP contribution in [0.4, 0.5) is 0 Å². The van der Waals surface area contributed by atoms with Crippen LogP contribution in [0.25, 0.3) is 6.08 Å². The second-order valence-electron chi connectivity index (χ2n) is 10.1. The van der Waals surface area contributed by atoms with E-state index in [2.05, 4.69) is 0 Å². The fourth-order valence-electron chi connectivity index (χ4n) is 4.39. The molecule has 0 bridgehead atoms. The molecule has 1 fully saturated rings. The van der Waals surface area contributed by atoms with Gasteiger partial charge >= 0.3 is 0 Å². The SMILES string of the molecule is COc1cc(/C=C/C(=O)C(O)[C@H]2OC(O[C@](C=O)(OCCc3ccc(O)c(O)c3)[C@@H](O)[C@H](O)CO)[C@H](O)[C@@H](O)[C@@H]2O)ccc1O. The molecule has 0 spiro atoms. The lowest BCUT2D eigenvalue weighted by Crippen LogP contribution is -2.66. The molecule has 0 radical (unpaired) electrons. The van der Waals surface area contributed by atoms with Crippen molar-refractivity contribution in [1.29, 1.82) is 0 Å². The topological polar surface area (TPSA) is 273 Å². The predicted octanol–water partition coefficient (Wildman–Crippen LogP) is -2.55. The first kappa shape index (κ1) is 35.8. The van der Waals surface area contributed by atoms with Crippen LogP contribution in [0.3, 0.4) is 0 Å². The molecule has 0 saturated carbocycles. The summed E-state index contributed by atoms with van der Waals surface area (Å²) in [5.74, 6) is -4.86. The van der Waals surface area contributed by atoms with Gasteiger partial charge in [0.2, 0.25) is 0 Å². The third-order valence-corrected chi connectivity index (χ3v) is 7.04. The van der Waals surface area contributed by atoms with E-state index in [4.69, 9.17) is 18.9 Å². The van der Waals surface area contributed by atoms with Crippen molar-refractivity contribution in [3.05, 3.63) is 53.6 Å². The summed E-state index contributed by atoms with van der Waals surface area (Å²) >= 11 is 0. The third-order valence-electron chi connectivity index (χ3n) is 7.04. The van der Waals surface area contributed by atoms with Gasteiger partial charge in [0, 0.05) is 0 Å². The Balaban J connectivity index is 1.82. The molecule has 3 rings (SSSR count). The number of ether oxygens (including phenoxy) is 4. The standard InChI is InChI=1S/C29H36O16/c1-42-21-11-14(3-6-17(21)33)4-7-18(34)22(37)26-24(39)23(38)25(40)28(44-26)45-29(13-31,27(41)20(36)12-30)43-9-8-15-2-5-16(32)19(35)10-15/h2-7,10-11,13,20,22-28,30,32-33,35-41H,8-9,12H2,1H3/b7-4+/t20-,22?,23+,24+,25-,26-,27+,28?,29+/m1/s1. The average molecular weight is 641 g/mol. The average Bonchev–Trinajstić information content (AvgIpc) is 3.04. The van der Waals surface area contributed by atoms with Gasteiger partial charge in [0.1, 0.15) is 42.7 Å². The van der Waals surface area contributed by atoms with Crippen molar-refractivity contribution in [3.8, 4) is 23.0 Å². The Labute approximate surface area is 256 Å². The molecule has 9 atom stereocenters. The monoisotopic (exact) mass is 640 g/mol. The van der Waals surface area contributed by atoms with Crippen LogP contribution in [0.1, 0.15) is 11.1 Å². The number of phenolic OH excluding ortho intramolecular Hbond substituents is 3. The number of ketones is 1. The van der Waals surface area contributed by atoms with Crippen LogP contribution < -0.4 is 4.74 Å². The molecule has 0 amide bonds. The summed E-state index contributed by atoms with van der Waals surface area (Å²) in [7, 11) is 1.31. The van der Waals surface area contributed by atoms with Gasteiger partial charge in [-0.2, -0.15) is 0 Å². The first-order valence-corrected chi connectivity index (χ1v) is 13.5. The highest BCUT2D eigenvalue weighted by atomic mass is 16.8. The maximum absolute atomic E-state index is 12.8. The van der Waals surface area contributed by atoms with E-state index in [1.165, 1.54) is 49.6 Å². The number of methoxy groups -OCH3 is 1. The summed E-state index contributed by atoms with van der Waals surface area (Å²) < 4.78 is 21.3. The highest BCUT2D eigenvalue weighted by molar-refractivity contribution is 5.97. The molecule has 16 nitrogen and oxygen atoms in total. The lowest BCUT2D eigenvalue weighted by molar-refractivity contribution is -0.378. The third kappa shape index (κ3) is 8.33. The highest BCUT2D eigenvalue weighted by Crippen LogP contribution is 2.31. The summed E-state index contributed by atoms with van der Waals surface area (Å²) in [6.07, 6.45) is -15.1. The smallest absolute Gasteiger partial charge is 0.257 e. The first-order valence-electron chi connectivity index (χ1n) is 13.5. The Hall–Kier alpha value is -3.68. The minimum absolute atomic E-state index is 0.0702. The second-order valence-corrected chi connectivity index (χ2v) is 10.1. The van der Waals surface area contributed by atoms with Crippen molar-refractivity contribution >= 4 is 18.1 Å². The van der Waals surface area contributed by atoms with Gasteiger partial charge in [0.15, 0.2) is 41.4 Å². The number of rotatable bonds is 15. The van der Waals surface area contributed by atoms with Crippen molar-refractivity contribution in [1.82, 2.24) is 0 Å². The van der Waals surface area contributed by atoms with E-state index in [-0.39, 0.29) is 24.2 Å². The number of aldehydes is 1. The van der Waals surface area contributed by atoms with E-state index in [1.54, 1.807) is 0 Å². The van der Waals surface area contributed by atoms with Gasteiger partial charge in [0.05, 0.1) is 20.3 Å². The summed E-state index contributed by atoms with van der Waals surface area (Å²) in [5, 5.41) is 101. The number of hydrogen-bond acceptors (Lipinski definition) is 16. The Morgan fingerprint density at radius 1 is 0.978 bits per heavy atom. The molecule has 248 valence electrons. The van der Waals surface area contributed by atoms with Crippen molar-refractivity contribution in [2.45, 2.75) is 61.2 Å². The van der Waals surface area contributed by atoms with Gasteiger partial charge in [-0.05, 0) is 47.9 Å². The lowest BCUT2D eigenvalue weighted by atomic mass is 9.93. The number of carbonyl (C=O) groups is 2. The largest absolute Gasteiger partial charge is 0.504 e. The number of benzene rings is 2.